The van der Waals surface area contributed by atoms with E-state index in [9.17, 15) is 5.26 Å². The van der Waals surface area contributed by atoms with Crippen LogP contribution in [-0.4, -0.2) is 71.6 Å². The van der Waals surface area contributed by atoms with E-state index < -0.39 is 0 Å². The molecule has 2 aliphatic heterocycles. The summed E-state index contributed by atoms with van der Waals surface area (Å²) in [6.45, 7) is 7.89. The van der Waals surface area contributed by atoms with E-state index in [1.807, 2.05) is 43.5 Å². The van der Waals surface area contributed by atoms with Crippen LogP contribution in [0.2, 0.25) is 0 Å². The van der Waals surface area contributed by atoms with Gasteiger partial charge in [0.1, 0.15) is 5.82 Å². The van der Waals surface area contributed by atoms with Crippen molar-refractivity contribution in [1.82, 2.24) is 19.8 Å². The van der Waals surface area contributed by atoms with Crippen molar-refractivity contribution in [3.8, 4) is 6.07 Å². The summed E-state index contributed by atoms with van der Waals surface area (Å²) in [6.07, 6.45) is 2.43. The minimum Gasteiger partial charge on any atom is -0.352 e. The second-order valence-corrected chi connectivity index (χ2v) is 7.90. The number of hydrogen-bond acceptors (Lipinski definition) is 7. The van der Waals surface area contributed by atoms with Crippen LogP contribution in [0.4, 0.5) is 17.5 Å². The first-order chi connectivity index (χ1) is 13.6. The molecule has 0 atom stereocenters. The number of nitrogens with zero attached hydrogens (tertiary/aromatic N) is 6. The fourth-order valence-corrected chi connectivity index (χ4v) is 4.13. The molecule has 1 aromatic carbocycles. The van der Waals surface area contributed by atoms with Gasteiger partial charge in [-0.05, 0) is 26.1 Å². The molecule has 0 unspecified atom stereocenters. The van der Waals surface area contributed by atoms with Crippen molar-refractivity contribution in [2.45, 2.75) is 18.9 Å². The second kappa shape index (κ2) is 7.74. The fourth-order valence-electron chi connectivity index (χ4n) is 4.13. The number of benzene rings is 1. The number of piperazine rings is 1. The maximum Gasteiger partial charge on any atom is 0.229 e. The third-order valence-electron chi connectivity index (χ3n) is 5.83. The van der Waals surface area contributed by atoms with E-state index in [0.29, 0.717) is 12.4 Å². The summed E-state index contributed by atoms with van der Waals surface area (Å²) in [5.74, 6) is 1.56. The molecule has 0 amide bonds. The highest BCUT2D eigenvalue weighted by Crippen LogP contribution is 2.36. The number of nitrogens with one attached hydrogen (secondary N) is 1. The molecule has 1 N–H and O–H groups in total. The van der Waals surface area contributed by atoms with Gasteiger partial charge in [0, 0.05) is 56.7 Å². The Morgan fingerprint density at radius 3 is 2.54 bits per heavy atom. The fraction of sp³-hybridized carbons (Fsp3) is 0.476. The van der Waals surface area contributed by atoms with Gasteiger partial charge in [0.15, 0.2) is 0 Å². The SMILES string of the molecule is Cc1cnc(Nc2ccccc2)nc1N1CC(CC#N)(N2CCN(C)CC2)C1. The Hall–Kier alpha value is -2.69. The molecule has 0 spiro atoms. The van der Waals surface area contributed by atoms with Crippen molar-refractivity contribution < 1.29 is 0 Å². The second-order valence-electron chi connectivity index (χ2n) is 7.90. The number of rotatable bonds is 5. The van der Waals surface area contributed by atoms with Crippen LogP contribution in [0, 0.1) is 18.3 Å². The van der Waals surface area contributed by atoms with Gasteiger partial charge in [-0.15, -0.1) is 0 Å². The lowest BCUT2D eigenvalue weighted by atomic mass is 9.84. The van der Waals surface area contributed by atoms with E-state index in [2.05, 4.69) is 38.1 Å². The standard InChI is InChI=1S/C21H27N7/c1-17-14-23-20(24-18-6-4-3-5-7-18)25-19(17)27-15-21(16-27,8-9-22)28-12-10-26(2)11-13-28/h3-7,14H,8,10-13,15-16H2,1-2H3,(H,23,24,25). The zero-order chi connectivity index (χ0) is 19.6. The largest absolute Gasteiger partial charge is 0.352 e. The highest BCUT2D eigenvalue weighted by atomic mass is 15.4. The highest BCUT2D eigenvalue weighted by molar-refractivity contribution is 5.58. The van der Waals surface area contributed by atoms with Crippen molar-refractivity contribution in [2.24, 2.45) is 0 Å². The number of para-hydroxylation sites is 1. The molecule has 3 heterocycles. The Morgan fingerprint density at radius 1 is 1.14 bits per heavy atom. The lowest BCUT2D eigenvalue weighted by Gasteiger charge is -2.57. The predicted molar refractivity (Wildman–Crippen MR) is 111 cm³/mol. The Labute approximate surface area is 166 Å². The molecule has 2 saturated heterocycles. The topological polar surface area (TPSA) is 71.3 Å². The van der Waals surface area contributed by atoms with Gasteiger partial charge >= 0.3 is 0 Å². The van der Waals surface area contributed by atoms with Gasteiger partial charge in [-0.2, -0.15) is 10.2 Å². The molecule has 4 rings (SSSR count). The Morgan fingerprint density at radius 2 is 1.86 bits per heavy atom. The molecule has 2 aliphatic rings. The monoisotopic (exact) mass is 377 g/mol. The van der Waals surface area contributed by atoms with Crippen molar-refractivity contribution in [2.75, 3.05) is 56.5 Å². The molecule has 0 aliphatic carbocycles. The van der Waals surface area contributed by atoms with Gasteiger partial charge < -0.3 is 15.1 Å². The summed E-state index contributed by atoms with van der Waals surface area (Å²) >= 11 is 0. The zero-order valence-corrected chi connectivity index (χ0v) is 16.6. The average molecular weight is 377 g/mol. The summed E-state index contributed by atoms with van der Waals surface area (Å²) < 4.78 is 0. The van der Waals surface area contributed by atoms with Gasteiger partial charge in [0.05, 0.1) is 18.0 Å². The van der Waals surface area contributed by atoms with Crippen LogP contribution in [0.15, 0.2) is 36.5 Å². The first kappa shape index (κ1) is 18.7. The van der Waals surface area contributed by atoms with Gasteiger partial charge in [0.2, 0.25) is 5.95 Å². The first-order valence-corrected chi connectivity index (χ1v) is 9.81. The lowest BCUT2D eigenvalue weighted by molar-refractivity contribution is 0.0218. The van der Waals surface area contributed by atoms with Gasteiger partial charge in [-0.3, -0.25) is 4.90 Å². The summed E-state index contributed by atoms with van der Waals surface area (Å²) in [7, 11) is 2.16. The normalized spacial score (nSPS) is 19.7. The summed E-state index contributed by atoms with van der Waals surface area (Å²) in [5, 5.41) is 12.7. The van der Waals surface area contributed by atoms with E-state index in [1.165, 1.54) is 0 Å². The summed E-state index contributed by atoms with van der Waals surface area (Å²) in [6, 6.07) is 12.4. The zero-order valence-electron chi connectivity index (χ0n) is 16.6. The highest BCUT2D eigenvalue weighted by Gasteiger charge is 2.48. The molecule has 7 nitrogen and oxygen atoms in total. The Kier molecular flexibility index (Phi) is 5.16. The van der Waals surface area contributed by atoms with Gasteiger partial charge in [-0.1, -0.05) is 18.2 Å². The predicted octanol–water partition coefficient (Wildman–Crippen LogP) is 2.25. The van der Waals surface area contributed by atoms with E-state index in [4.69, 9.17) is 4.98 Å². The van der Waals surface area contributed by atoms with E-state index >= 15 is 0 Å². The van der Waals surface area contributed by atoms with Crippen LogP contribution in [0.1, 0.15) is 12.0 Å². The minimum absolute atomic E-state index is 0.0551. The Balaban J connectivity index is 1.49. The van der Waals surface area contributed by atoms with Crippen LogP contribution in [0.5, 0.6) is 0 Å². The van der Waals surface area contributed by atoms with Crippen LogP contribution in [-0.2, 0) is 0 Å². The number of aromatic nitrogens is 2. The number of anilines is 3. The van der Waals surface area contributed by atoms with E-state index in [1.54, 1.807) is 0 Å². The number of nitriles is 1. The molecular weight excluding hydrogens is 350 g/mol. The van der Waals surface area contributed by atoms with Crippen molar-refractivity contribution >= 4 is 17.5 Å². The molecule has 146 valence electrons. The van der Waals surface area contributed by atoms with Crippen molar-refractivity contribution in [3.63, 3.8) is 0 Å². The van der Waals surface area contributed by atoms with Crippen LogP contribution < -0.4 is 10.2 Å². The maximum absolute atomic E-state index is 9.43. The van der Waals surface area contributed by atoms with Crippen molar-refractivity contribution in [3.05, 3.63) is 42.1 Å². The van der Waals surface area contributed by atoms with E-state index in [0.717, 1.165) is 56.3 Å². The van der Waals surface area contributed by atoms with Crippen LogP contribution in [0.3, 0.4) is 0 Å². The number of hydrogen-bond donors (Lipinski definition) is 1. The third-order valence-corrected chi connectivity index (χ3v) is 5.83. The molecule has 7 heteroatoms. The lowest BCUT2D eigenvalue weighted by Crippen LogP contribution is -2.72. The molecule has 2 aromatic rings. The molecule has 0 bridgehead atoms. The molecule has 0 saturated carbocycles. The summed E-state index contributed by atoms with van der Waals surface area (Å²) in [5.41, 5.74) is 1.97. The van der Waals surface area contributed by atoms with Crippen molar-refractivity contribution in [1.29, 1.82) is 5.26 Å². The molecular formula is C21H27N7. The number of likely N-dealkylation sites (N-methyl/N-ethyl adjacent to an activating group) is 1. The third kappa shape index (κ3) is 3.66. The Bertz CT molecular complexity index is 847. The molecule has 0 radical (unpaired) electrons. The first-order valence-electron chi connectivity index (χ1n) is 9.81. The maximum atomic E-state index is 9.43. The molecule has 1 aromatic heterocycles. The van der Waals surface area contributed by atoms with E-state index in [-0.39, 0.29) is 5.54 Å². The smallest absolute Gasteiger partial charge is 0.229 e. The summed E-state index contributed by atoms with van der Waals surface area (Å²) in [4.78, 5) is 16.3. The minimum atomic E-state index is -0.0551. The quantitative estimate of drug-likeness (QED) is 0.857. The van der Waals surface area contributed by atoms with Crippen LogP contribution in [0.25, 0.3) is 0 Å². The number of aryl methyl sites for hydroxylation is 1. The average Bonchev–Trinajstić information content (AvgIpc) is 2.68. The van der Waals surface area contributed by atoms with Crippen LogP contribution >= 0.6 is 0 Å². The van der Waals surface area contributed by atoms with Gasteiger partial charge in [0.25, 0.3) is 0 Å². The molecule has 28 heavy (non-hydrogen) atoms. The van der Waals surface area contributed by atoms with Gasteiger partial charge in [-0.25, -0.2) is 4.98 Å². The molecule has 2 fully saturated rings.